The number of fused-ring (bicyclic) bond motifs is 1. The number of aromatic nitrogens is 3. The topological polar surface area (TPSA) is 82.5 Å². The first-order valence-corrected chi connectivity index (χ1v) is 3.89. The maximum Gasteiger partial charge on any atom is 0.232 e. The van der Waals surface area contributed by atoms with Crippen molar-refractivity contribution < 1.29 is 9.53 Å². The zero-order valence-electron chi connectivity index (χ0n) is 7.47. The van der Waals surface area contributed by atoms with E-state index >= 15 is 0 Å². The summed E-state index contributed by atoms with van der Waals surface area (Å²) in [5.74, 6) is 0.613. The molecule has 0 bridgehead atoms. The van der Waals surface area contributed by atoms with Crippen LogP contribution in [0.5, 0.6) is 5.88 Å². The molecule has 0 radical (unpaired) electrons. The van der Waals surface area contributed by atoms with Gasteiger partial charge < -0.3 is 10.5 Å². The first-order valence-electron chi connectivity index (χ1n) is 3.89. The lowest BCUT2D eigenvalue weighted by Gasteiger charge is -2.01. The molecule has 2 heterocycles. The molecule has 2 rings (SSSR count). The molecule has 0 aliphatic rings. The van der Waals surface area contributed by atoms with Crippen molar-refractivity contribution in [3.05, 3.63) is 18.1 Å². The molecule has 6 nitrogen and oxygen atoms in total. The molecule has 0 saturated heterocycles. The Morgan fingerprint density at radius 2 is 2.29 bits per heavy atom. The van der Waals surface area contributed by atoms with Gasteiger partial charge in [-0.1, -0.05) is 0 Å². The summed E-state index contributed by atoms with van der Waals surface area (Å²) in [7, 11) is 1.49. The first-order chi connectivity index (χ1) is 6.74. The lowest BCUT2D eigenvalue weighted by atomic mass is 10.5. The minimum absolute atomic E-state index is 0.234. The van der Waals surface area contributed by atoms with Crippen LogP contribution in [0.25, 0.3) is 5.65 Å². The molecule has 0 aliphatic heterocycles. The SMILES string of the molecule is COc1cn2cc(C=O)nc2c(N)n1. The van der Waals surface area contributed by atoms with Crippen molar-refractivity contribution in [2.24, 2.45) is 0 Å². The molecule has 0 amide bonds. The van der Waals surface area contributed by atoms with E-state index in [1.165, 1.54) is 7.11 Å². The third-order valence-electron chi connectivity index (χ3n) is 1.79. The number of anilines is 1. The number of nitrogens with two attached hydrogens (primary N) is 1. The van der Waals surface area contributed by atoms with Crippen LogP contribution in [0.4, 0.5) is 5.82 Å². The number of imidazole rings is 1. The lowest BCUT2D eigenvalue weighted by Crippen LogP contribution is -1.98. The van der Waals surface area contributed by atoms with Gasteiger partial charge in [0.25, 0.3) is 0 Å². The first kappa shape index (κ1) is 8.49. The fraction of sp³-hybridized carbons (Fsp3) is 0.125. The van der Waals surface area contributed by atoms with Gasteiger partial charge in [-0.25, -0.2) is 4.98 Å². The van der Waals surface area contributed by atoms with Crippen LogP contribution >= 0.6 is 0 Å². The molecule has 2 aromatic heterocycles. The minimum atomic E-state index is 0.234. The van der Waals surface area contributed by atoms with Gasteiger partial charge in [-0.15, -0.1) is 0 Å². The molecule has 14 heavy (non-hydrogen) atoms. The van der Waals surface area contributed by atoms with Gasteiger partial charge in [0.1, 0.15) is 5.69 Å². The number of hydrogen-bond donors (Lipinski definition) is 1. The highest BCUT2D eigenvalue weighted by atomic mass is 16.5. The molecule has 0 spiro atoms. The molecule has 0 atom stereocenters. The number of methoxy groups -OCH3 is 1. The Bertz CT molecular complexity index is 491. The molecule has 0 unspecified atom stereocenters. The lowest BCUT2D eigenvalue weighted by molar-refractivity contribution is 0.111. The van der Waals surface area contributed by atoms with Crippen LogP contribution in [0.3, 0.4) is 0 Å². The molecule has 72 valence electrons. The van der Waals surface area contributed by atoms with Crippen molar-refractivity contribution in [3.63, 3.8) is 0 Å². The average molecular weight is 192 g/mol. The molecule has 0 aliphatic carbocycles. The fourth-order valence-corrected chi connectivity index (χ4v) is 1.17. The second-order valence-corrected chi connectivity index (χ2v) is 2.68. The van der Waals surface area contributed by atoms with Crippen molar-refractivity contribution >= 4 is 17.8 Å². The van der Waals surface area contributed by atoms with E-state index in [0.717, 1.165) is 0 Å². The maximum absolute atomic E-state index is 10.5. The highest BCUT2D eigenvalue weighted by Gasteiger charge is 2.07. The largest absolute Gasteiger partial charge is 0.480 e. The van der Waals surface area contributed by atoms with E-state index in [2.05, 4.69) is 9.97 Å². The molecule has 0 fully saturated rings. The predicted molar refractivity (Wildman–Crippen MR) is 49.3 cm³/mol. The molecular weight excluding hydrogens is 184 g/mol. The van der Waals surface area contributed by atoms with Gasteiger partial charge in [0.05, 0.1) is 13.3 Å². The summed E-state index contributed by atoms with van der Waals surface area (Å²) in [4.78, 5) is 18.4. The molecule has 2 N–H and O–H groups in total. The number of carbonyl (C=O) groups excluding carboxylic acids is 1. The van der Waals surface area contributed by atoms with E-state index in [1.54, 1.807) is 16.8 Å². The number of nitrogen functional groups attached to an aromatic ring is 1. The predicted octanol–water partition coefficient (Wildman–Crippen LogP) is 0.133. The van der Waals surface area contributed by atoms with E-state index < -0.39 is 0 Å². The van der Waals surface area contributed by atoms with Crippen LogP contribution in [0.2, 0.25) is 0 Å². The third-order valence-corrected chi connectivity index (χ3v) is 1.79. The van der Waals surface area contributed by atoms with Gasteiger partial charge in [0, 0.05) is 6.20 Å². The van der Waals surface area contributed by atoms with E-state index in [-0.39, 0.29) is 5.82 Å². The van der Waals surface area contributed by atoms with Gasteiger partial charge >= 0.3 is 0 Å². The molecule has 0 aromatic carbocycles. The van der Waals surface area contributed by atoms with Crippen molar-refractivity contribution in [2.45, 2.75) is 0 Å². The van der Waals surface area contributed by atoms with Gasteiger partial charge in [-0.3, -0.25) is 9.20 Å². The minimum Gasteiger partial charge on any atom is -0.480 e. The standard InChI is InChI=1S/C8H8N4O2/c1-14-6-3-12-2-5(4-13)10-8(12)7(9)11-6/h2-4H,1H3,(H2,9,11). The number of hydrogen-bond acceptors (Lipinski definition) is 5. The number of aldehydes is 1. The van der Waals surface area contributed by atoms with Crippen molar-refractivity contribution in [3.8, 4) is 5.88 Å². The summed E-state index contributed by atoms with van der Waals surface area (Å²) >= 11 is 0. The Kier molecular flexibility index (Phi) is 1.81. The van der Waals surface area contributed by atoms with Crippen LogP contribution in [0, 0.1) is 0 Å². The number of nitrogens with zero attached hydrogens (tertiary/aromatic N) is 3. The van der Waals surface area contributed by atoms with Crippen LogP contribution in [0.1, 0.15) is 10.5 Å². The number of carbonyl (C=O) groups is 1. The molecule has 6 heteroatoms. The van der Waals surface area contributed by atoms with Gasteiger partial charge in [0.15, 0.2) is 17.8 Å². The summed E-state index contributed by atoms with van der Waals surface area (Å²) < 4.78 is 6.52. The Morgan fingerprint density at radius 1 is 1.50 bits per heavy atom. The Labute approximate surface area is 79.3 Å². The van der Waals surface area contributed by atoms with E-state index in [4.69, 9.17) is 10.5 Å². The maximum atomic E-state index is 10.5. The second kappa shape index (κ2) is 2.99. The van der Waals surface area contributed by atoms with Crippen molar-refractivity contribution in [1.82, 2.24) is 14.4 Å². The zero-order chi connectivity index (χ0) is 10.1. The summed E-state index contributed by atoms with van der Waals surface area (Å²) in [5, 5.41) is 0. The van der Waals surface area contributed by atoms with Gasteiger partial charge in [0.2, 0.25) is 5.88 Å². The summed E-state index contributed by atoms with van der Waals surface area (Å²) in [6, 6.07) is 0. The average Bonchev–Trinajstić information content (AvgIpc) is 2.61. The number of ether oxygens (including phenoxy) is 1. The van der Waals surface area contributed by atoms with E-state index in [0.29, 0.717) is 23.5 Å². The van der Waals surface area contributed by atoms with Crippen LogP contribution in [-0.4, -0.2) is 27.8 Å². The Morgan fingerprint density at radius 3 is 2.93 bits per heavy atom. The van der Waals surface area contributed by atoms with Crippen molar-refractivity contribution in [2.75, 3.05) is 12.8 Å². The molecule has 0 saturated carbocycles. The summed E-state index contributed by atoms with van der Waals surface area (Å²) in [5.41, 5.74) is 6.37. The monoisotopic (exact) mass is 192 g/mol. The normalized spacial score (nSPS) is 10.4. The Balaban J connectivity index is 2.73. The second-order valence-electron chi connectivity index (χ2n) is 2.68. The Hall–Kier alpha value is -2.11. The molecule has 2 aromatic rings. The zero-order valence-corrected chi connectivity index (χ0v) is 7.47. The molecular formula is C8H8N4O2. The van der Waals surface area contributed by atoms with Crippen LogP contribution in [-0.2, 0) is 0 Å². The summed E-state index contributed by atoms with van der Waals surface area (Å²) in [6.45, 7) is 0. The smallest absolute Gasteiger partial charge is 0.232 e. The van der Waals surface area contributed by atoms with Crippen molar-refractivity contribution in [1.29, 1.82) is 0 Å². The summed E-state index contributed by atoms with van der Waals surface area (Å²) in [6.07, 6.45) is 3.81. The van der Waals surface area contributed by atoms with Gasteiger partial charge in [-0.2, -0.15) is 4.98 Å². The van der Waals surface area contributed by atoms with Crippen LogP contribution in [0.15, 0.2) is 12.4 Å². The third kappa shape index (κ3) is 1.17. The van der Waals surface area contributed by atoms with Gasteiger partial charge in [-0.05, 0) is 0 Å². The highest BCUT2D eigenvalue weighted by molar-refractivity contribution is 5.75. The van der Waals surface area contributed by atoms with E-state index in [9.17, 15) is 4.79 Å². The van der Waals surface area contributed by atoms with Crippen LogP contribution < -0.4 is 10.5 Å². The van der Waals surface area contributed by atoms with E-state index in [1.807, 2.05) is 0 Å². The number of rotatable bonds is 2. The quantitative estimate of drug-likeness (QED) is 0.684. The fourth-order valence-electron chi connectivity index (χ4n) is 1.17. The highest BCUT2D eigenvalue weighted by Crippen LogP contribution is 2.15.